The van der Waals surface area contributed by atoms with Gasteiger partial charge in [-0.1, -0.05) is 0 Å². The molecule has 3 rings (SSSR count). The molecule has 0 atom stereocenters. The first-order valence-corrected chi connectivity index (χ1v) is 8.60. The Labute approximate surface area is 151 Å². The minimum atomic E-state index is -0.397. The Morgan fingerprint density at radius 1 is 1.23 bits per heavy atom. The fraction of sp³-hybridized carbons (Fsp3) is 0.471. The van der Waals surface area contributed by atoms with Crippen LogP contribution >= 0.6 is 0 Å². The summed E-state index contributed by atoms with van der Waals surface area (Å²) >= 11 is 0. The minimum Gasteiger partial charge on any atom is -0.369 e. The predicted molar refractivity (Wildman–Crippen MR) is 98.1 cm³/mol. The van der Waals surface area contributed by atoms with E-state index in [0.717, 1.165) is 38.4 Å². The van der Waals surface area contributed by atoms with Crippen LogP contribution in [0.3, 0.4) is 0 Å². The summed E-state index contributed by atoms with van der Waals surface area (Å²) in [6.45, 7) is 6.57. The molecule has 1 aliphatic rings. The van der Waals surface area contributed by atoms with Crippen LogP contribution in [0.4, 0.5) is 21.6 Å². The highest BCUT2D eigenvalue weighted by atomic mass is 19.1. The van der Waals surface area contributed by atoms with Crippen LogP contribution in [0.25, 0.3) is 0 Å². The number of halogens is 1. The number of nitrogens with one attached hydrogen (secondary N) is 1. The molecule has 140 valence electrons. The first kappa shape index (κ1) is 18.1. The van der Waals surface area contributed by atoms with Crippen LogP contribution in [-0.2, 0) is 7.05 Å². The van der Waals surface area contributed by atoms with Crippen LogP contribution in [0, 0.1) is 22.9 Å². The third-order valence-electron chi connectivity index (χ3n) is 4.66. The van der Waals surface area contributed by atoms with Crippen molar-refractivity contribution in [2.75, 3.05) is 49.5 Å². The number of aryl methyl sites for hydroxylation is 2. The zero-order valence-electron chi connectivity index (χ0n) is 15.0. The summed E-state index contributed by atoms with van der Waals surface area (Å²) in [5, 5.41) is 18.4. The van der Waals surface area contributed by atoms with Gasteiger partial charge in [0.25, 0.3) is 0 Å². The monoisotopic (exact) mass is 362 g/mol. The molecule has 1 fully saturated rings. The summed E-state index contributed by atoms with van der Waals surface area (Å²) in [7, 11) is 1.70. The molecule has 0 spiro atoms. The smallest absolute Gasteiger partial charge is 0.333 e. The summed E-state index contributed by atoms with van der Waals surface area (Å²) in [4.78, 5) is 15.3. The van der Waals surface area contributed by atoms with Crippen LogP contribution in [0.5, 0.6) is 0 Å². The Balaban J connectivity index is 1.49. The summed E-state index contributed by atoms with van der Waals surface area (Å²) in [5.74, 6) is 0.218. The number of aromatic nitrogens is 2. The summed E-state index contributed by atoms with van der Waals surface area (Å²) < 4.78 is 14.5. The molecule has 2 aromatic rings. The van der Waals surface area contributed by atoms with Gasteiger partial charge in [0.05, 0.1) is 4.92 Å². The molecule has 1 N–H and O–H groups in total. The van der Waals surface area contributed by atoms with Crippen molar-refractivity contribution in [3.63, 3.8) is 0 Å². The zero-order chi connectivity index (χ0) is 18.7. The SMILES string of the molecule is Cc1nn(C)c(NCCN2CCN(c3ccc(F)cc3)CC2)c1[N+](=O)[O-]. The maximum atomic E-state index is 13.0. The van der Waals surface area contributed by atoms with Crippen molar-refractivity contribution < 1.29 is 9.31 Å². The number of piperazine rings is 1. The topological polar surface area (TPSA) is 79.5 Å². The number of rotatable bonds is 6. The molecule has 1 aromatic carbocycles. The van der Waals surface area contributed by atoms with Gasteiger partial charge in [0, 0.05) is 52.0 Å². The van der Waals surface area contributed by atoms with Gasteiger partial charge in [-0.05, 0) is 31.2 Å². The van der Waals surface area contributed by atoms with Crippen LogP contribution in [0.15, 0.2) is 24.3 Å². The van der Waals surface area contributed by atoms with E-state index in [1.807, 2.05) is 0 Å². The molecule has 0 unspecified atom stereocenters. The molecule has 0 saturated carbocycles. The Hall–Kier alpha value is -2.68. The highest BCUT2D eigenvalue weighted by molar-refractivity contribution is 5.59. The van der Waals surface area contributed by atoms with Gasteiger partial charge in [0.1, 0.15) is 11.5 Å². The Kier molecular flexibility index (Phi) is 5.36. The third kappa shape index (κ3) is 3.93. The molecule has 0 radical (unpaired) electrons. The van der Waals surface area contributed by atoms with Gasteiger partial charge in [0.2, 0.25) is 5.82 Å². The highest BCUT2D eigenvalue weighted by Gasteiger charge is 2.24. The van der Waals surface area contributed by atoms with Crippen molar-refractivity contribution in [3.8, 4) is 0 Å². The first-order chi connectivity index (χ1) is 12.5. The maximum absolute atomic E-state index is 13.0. The summed E-state index contributed by atoms with van der Waals surface area (Å²) in [5.41, 5.74) is 1.48. The first-order valence-electron chi connectivity index (χ1n) is 8.60. The van der Waals surface area contributed by atoms with Crippen molar-refractivity contribution in [3.05, 3.63) is 45.9 Å². The molecule has 1 aliphatic heterocycles. The second-order valence-electron chi connectivity index (χ2n) is 6.40. The predicted octanol–water partition coefficient (Wildman–Crippen LogP) is 2.01. The van der Waals surface area contributed by atoms with Gasteiger partial charge in [0.15, 0.2) is 0 Å². The van der Waals surface area contributed by atoms with Crippen molar-refractivity contribution in [1.29, 1.82) is 0 Å². The van der Waals surface area contributed by atoms with Gasteiger partial charge < -0.3 is 10.2 Å². The van der Waals surface area contributed by atoms with E-state index >= 15 is 0 Å². The van der Waals surface area contributed by atoms with E-state index in [1.54, 1.807) is 26.1 Å². The molecule has 2 heterocycles. The second-order valence-corrected chi connectivity index (χ2v) is 6.40. The van der Waals surface area contributed by atoms with Gasteiger partial charge in [-0.3, -0.25) is 15.0 Å². The normalized spacial score (nSPS) is 15.3. The third-order valence-corrected chi connectivity index (χ3v) is 4.66. The van der Waals surface area contributed by atoms with Gasteiger partial charge in [-0.2, -0.15) is 5.10 Å². The van der Waals surface area contributed by atoms with Crippen LogP contribution < -0.4 is 10.2 Å². The standard InChI is InChI=1S/C17H23FN6O2/c1-13-16(24(25)26)17(21(2)20-13)19-7-8-22-9-11-23(12-10-22)15-5-3-14(18)4-6-15/h3-6,19H,7-12H2,1-2H3. The van der Waals surface area contributed by atoms with Crippen molar-refractivity contribution in [1.82, 2.24) is 14.7 Å². The molecule has 26 heavy (non-hydrogen) atoms. The van der Waals surface area contributed by atoms with Crippen molar-refractivity contribution in [2.45, 2.75) is 6.92 Å². The largest absolute Gasteiger partial charge is 0.369 e. The second kappa shape index (κ2) is 7.69. The molecule has 9 heteroatoms. The Morgan fingerprint density at radius 2 is 1.88 bits per heavy atom. The van der Waals surface area contributed by atoms with E-state index < -0.39 is 4.92 Å². The maximum Gasteiger partial charge on any atom is 0.333 e. The number of hydrogen-bond acceptors (Lipinski definition) is 6. The number of nitrogens with zero attached hydrogens (tertiary/aromatic N) is 5. The molecule has 0 bridgehead atoms. The minimum absolute atomic E-state index is 0.0358. The number of benzene rings is 1. The number of hydrogen-bond donors (Lipinski definition) is 1. The molecular formula is C17H23FN6O2. The molecule has 8 nitrogen and oxygen atoms in total. The Bertz CT molecular complexity index is 768. The lowest BCUT2D eigenvalue weighted by molar-refractivity contribution is -0.384. The lowest BCUT2D eigenvalue weighted by atomic mass is 10.2. The molecule has 0 aliphatic carbocycles. The quantitative estimate of drug-likeness (QED) is 0.626. The number of anilines is 2. The number of nitro groups is 1. The Morgan fingerprint density at radius 3 is 2.50 bits per heavy atom. The van der Waals surface area contributed by atoms with E-state index in [0.29, 0.717) is 18.1 Å². The lowest BCUT2D eigenvalue weighted by Gasteiger charge is -2.36. The fourth-order valence-electron chi connectivity index (χ4n) is 3.28. The van der Waals surface area contributed by atoms with E-state index in [4.69, 9.17) is 0 Å². The molecule has 1 aromatic heterocycles. The molecule has 1 saturated heterocycles. The highest BCUT2D eigenvalue weighted by Crippen LogP contribution is 2.27. The van der Waals surface area contributed by atoms with Gasteiger partial charge in [-0.15, -0.1) is 0 Å². The zero-order valence-corrected chi connectivity index (χ0v) is 15.0. The van der Waals surface area contributed by atoms with Crippen LogP contribution in [-0.4, -0.2) is 58.9 Å². The lowest BCUT2D eigenvalue weighted by Crippen LogP contribution is -2.47. The van der Waals surface area contributed by atoms with Gasteiger partial charge >= 0.3 is 5.69 Å². The van der Waals surface area contributed by atoms with E-state index in [2.05, 4.69) is 20.2 Å². The molecular weight excluding hydrogens is 339 g/mol. The van der Waals surface area contributed by atoms with E-state index in [9.17, 15) is 14.5 Å². The van der Waals surface area contributed by atoms with Crippen LogP contribution in [0.2, 0.25) is 0 Å². The molecule has 0 amide bonds. The van der Waals surface area contributed by atoms with Gasteiger partial charge in [-0.25, -0.2) is 9.07 Å². The summed E-state index contributed by atoms with van der Waals surface area (Å²) in [6, 6.07) is 6.57. The van der Waals surface area contributed by atoms with Crippen LogP contribution in [0.1, 0.15) is 5.69 Å². The van der Waals surface area contributed by atoms with Crippen molar-refractivity contribution in [2.24, 2.45) is 7.05 Å². The summed E-state index contributed by atoms with van der Waals surface area (Å²) in [6.07, 6.45) is 0. The van der Waals surface area contributed by atoms with Crippen molar-refractivity contribution >= 4 is 17.2 Å². The van der Waals surface area contributed by atoms with E-state index in [1.165, 1.54) is 16.8 Å². The average Bonchev–Trinajstić information content (AvgIpc) is 2.90. The average molecular weight is 362 g/mol. The van der Waals surface area contributed by atoms with E-state index in [-0.39, 0.29) is 11.5 Å². The fourth-order valence-corrected chi connectivity index (χ4v) is 3.28.